The third kappa shape index (κ3) is 2.66. The van der Waals surface area contributed by atoms with E-state index in [1.165, 1.54) is 0 Å². The van der Waals surface area contributed by atoms with Crippen molar-refractivity contribution < 1.29 is 8.42 Å². The van der Waals surface area contributed by atoms with Crippen LogP contribution >= 0.6 is 0 Å². The van der Waals surface area contributed by atoms with Gasteiger partial charge < -0.3 is 5.32 Å². The molecule has 1 saturated heterocycles. The Bertz CT molecular complexity index is 482. The number of sulfone groups is 1. The van der Waals surface area contributed by atoms with Crippen LogP contribution in [-0.4, -0.2) is 41.5 Å². The molecule has 2 atom stereocenters. The lowest BCUT2D eigenvalue weighted by molar-refractivity contribution is 0.380. The van der Waals surface area contributed by atoms with Gasteiger partial charge in [-0.15, -0.1) is 5.10 Å². The lowest BCUT2D eigenvalue weighted by Gasteiger charge is -2.22. The Morgan fingerprint density at radius 1 is 1.65 bits per heavy atom. The SMILES string of the molecule is CCNC(c1cnnn1C)C1CCS(=O)(=O)C1. The minimum absolute atomic E-state index is 0.0253. The van der Waals surface area contributed by atoms with Crippen LogP contribution in [0.4, 0.5) is 0 Å². The number of aryl methyl sites for hydroxylation is 1. The minimum Gasteiger partial charge on any atom is -0.309 e. The molecule has 17 heavy (non-hydrogen) atoms. The van der Waals surface area contributed by atoms with Crippen molar-refractivity contribution in [2.75, 3.05) is 18.1 Å². The largest absolute Gasteiger partial charge is 0.309 e. The molecule has 2 rings (SSSR count). The molecule has 0 saturated carbocycles. The van der Waals surface area contributed by atoms with E-state index in [4.69, 9.17) is 0 Å². The molecule has 0 spiro atoms. The summed E-state index contributed by atoms with van der Waals surface area (Å²) in [5.74, 6) is 0.679. The van der Waals surface area contributed by atoms with Gasteiger partial charge in [0.25, 0.3) is 0 Å². The van der Waals surface area contributed by atoms with Crippen LogP contribution in [0.1, 0.15) is 25.1 Å². The van der Waals surface area contributed by atoms with Gasteiger partial charge in [-0.2, -0.15) is 0 Å². The summed E-state index contributed by atoms with van der Waals surface area (Å²) in [4.78, 5) is 0. The molecule has 0 aromatic carbocycles. The first kappa shape index (κ1) is 12.5. The molecule has 0 radical (unpaired) electrons. The zero-order valence-corrected chi connectivity index (χ0v) is 10.9. The molecule has 1 N–H and O–H groups in total. The standard InChI is InChI=1S/C10H18N4O2S/c1-3-11-10(9-6-12-13-14(9)2)8-4-5-17(15,16)7-8/h6,8,10-11H,3-5,7H2,1-2H3. The van der Waals surface area contributed by atoms with Crippen LogP contribution in [0.5, 0.6) is 0 Å². The highest BCUT2D eigenvalue weighted by Crippen LogP contribution is 2.30. The van der Waals surface area contributed by atoms with Gasteiger partial charge in [-0.3, -0.25) is 4.68 Å². The average molecular weight is 258 g/mol. The molecule has 1 aliphatic rings. The molecule has 1 aromatic heterocycles. The van der Waals surface area contributed by atoms with Gasteiger partial charge in [-0.1, -0.05) is 12.1 Å². The van der Waals surface area contributed by atoms with Crippen molar-refractivity contribution in [1.82, 2.24) is 20.3 Å². The lowest BCUT2D eigenvalue weighted by Crippen LogP contribution is -2.30. The van der Waals surface area contributed by atoms with E-state index in [0.717, 1.165) is 12.2 Å². The van der Waals surface area contributed by atoms with Crippen LogP contribution in [-0.2, 0) is 16.9 Å². The Hall–Kier alpha value is -0.950. The third-order valence-corrected chi connectivity index (χ3v) is 5.02. The number of nitrogens with one attached hydrogen (secondary N) is 1. The average Bonchev–Trinajstić information content (AvgIpc) is 2.81. The molecule has 6 nitrogen and oxygen atoms in total. The van der Waals surface area contributed by atoms with Crippen molar-refractivity contribution in [1.29, 1.82) is 0 Å². The van der Waals surface area contributed by atoms with E-state index in [1.807, 2.05) is 14.0 Å². The second-order valence-corrected chi connectivity index (χ2v) is 6.71. The van der Waals surface area contributed by atoms with Gasteiger partial charge in [0.2, 0.25) is 0 Å². The monoisotopic (exact) mass is 258 g/mol. The normalized spacial score (nSPS) is 24.9. The number of rotatable bonds is 4. The number of hydrogen-bond donors (Lipinski definition) is 1. The maximum Gasteiger partial charge on any atom is 0.150 e. The van der Waals surface area contributed by atoms with Crippen molar-refractivity contribution in [3.8, 4) is 0 Å². The highest BCUT2D eigenvalue weighted by atomic mass is 32.2. The molecule has 7 heteroatoms. The van der Waals surface area contributed by atoms with E-state index < -0.39 is 9.84 Å². The summed E-state index contributed by atoms with van der Waals surface area (Å²) >= 11 is 0. The van der Waals surface area contributed by atoms with Crippen molar-refractivity contribution >= 4 is 9.84 Å². The predicted molar refractivity (Wildman–Crippen MR) is 64.2 cm³/mol. The molecule has 96 valence electrons. The maximum atomic E-state index is 11.5. The molecule has 0 aliphatic carbocycles. The second-order valence-electron chi connectivity index (χ2n) is 4.48. The Balaban J connectivity index is 2.22. The molecular weight excluding hydrogens is 240 g/mol. The molecule has 2 heterocycles. The van der Waals surface area contributed by atoms with Gasteiger partial charge >= 0.3 is 0 Å². The number of aromatic nitrogens is 3. The summed E-state index contributed by atoms with van der Waals surface area (Å²) in [6, 6.07) is 0.0253. The van der Waals surface area contributed by atoms with Crippen molar-refractivity contribution in [2.24, 2.45) is 13.0 Å². The summed E-state index contributed by atoms with van der Waals surface area (Å²) in [6.07, 6.45) is 2.42. The van der Waals surface area contributed by atoms with E-state index in [-0.39, 0.29) is 17.7 Å². The summed E-state index contributed by atoms with van der Waals surface area (Å²) < 4.78 is 24.8. The summed E-state index contributed by atoms with van der Waals surface area (Å²) in [6.45, 7) is 2.81. The van der Waals surface area contributed by atoms with E-state index in [1.54, 1.807) is 10.9 Å². The summed E-state index contributed by atoms with van der Waals surface area (Å²) in [7, 11) is -1.02. The molecule has 2 unspecified atom stereocenters. The Kier molecular flexibility index (Phi) is 3.48. The predicted octanol–water partition coefficient (Wildman–Crippen LogP) is -0.0996. The van der Waals surface area contributed by atoms with Gasteiger partial charge in [-0.05, 0) is 18.9 Å². The van der Waals surface area contributed by atoms with Crippen molar-refractivity contribution in [2.45, 2.75) is 19.4 Å². The molecule has 1 fully saturated rings. The lowest BCUT2D eigenvalue weighted by atomic mass is 9.96. The first-order valence-electron chi connectivity index (χ1n) is 5.82. The molecule has 0 amide bonds. The van der Waals surface area contributed by atoms with Crippen LogP contribution < -0.4 is 5.32 Å². The maximum absolute atomic E-state index is 11.5. The van der Waals surface area contributed by atoms with Crippen LogP contribution in [0, 0.1) is 5.92 Å². The van der Waals surface area contributed by atoms with Crippen LogP contribution in [0.15, 0.2) is 6.20 Å². The van der Waals surface area contributed by atoms with Crippen molar-refractivity contribution in [3.63, 3.8) is 0 Å². The fourth-order valence-corrected chi connectivity index (χ4v) is 4.24. The van der Waals surface area contributed by atoms with Crippen LogP contribution in [0.2, 0.25) is 0 Å². The van der Waals surface area contributed by atoms with E-state index >= 15 is 0 Å². The molecule has 1 aromatic rings. The summed E-state index contributed by atoms with van der Waals surface area (Å²) in [5.41, 5.74) is 0.953. The molecule has 1 aliphatic heterocycles. The van der Waals surface area contributed by atoms with Gasteiger partial charge in [0.1, 0.15) is 0 Å². The van der Waals surface area contributed by atoms with Gasteiger partial charge in [0.05, 0.1) is 29.4 Å². The summed E-state index contributed by atoms with van der Waals surface area (Å²) in [5, 5.41) is 11.1. The number of hydrogen-bond acceptors (Lipinski definition) is 5. The second kappa shape index (κ2) is 4.73. The van der Waals surface area contributed by atoms with Gasteiger partial charge in [0.15, 0.2) is 9.84 Å². The highest BCUT2D eigenvalue weighted by molar-refractivity contribution is 7.91. The zero-order chi connectivity index (χ0) is 12.5. The quantitative estimate of drug-likeness (QED) is 0.816. The van der Waals surface area contributed by atoms with Crippen molar-refractivity contribution in [3.05, 3.63) is 11.9 Å². The minimum atomic E-state index is -2.85. The Labute approximate surface area is 101 Å². The van der Waals surface area contributed by atoms with E-state index in [9.17, 15) is 8.42 Å². The highest BCUT2D eigenvalue weighted by Gasteiger charge is 2.35. The molecule has 0 bridgehead atoms. The zero-order valence-electron chi connectivity index (χ0n) is 10.1. The Morgan fingerprint density at radius 3 is 2.88 bits per heavy atom. The van der Waals surface area contributed by atoms with Crippen LogP contribution in [0.25, 0.3) is 0 Å². The third-order valence-electron chi connectivity index (χ3n) is 3.23. The van der Waals surface area contributed by atoms with Gasteiger partial charge in [0, 0.05) is 7.05 Å². The smallest absolute Gasteiger partial charge is 0.150 e. The fourth-order valence-electron chi connectivity index (χ4n) is 2.40. The number of nitrogens with zero attached hydrogens (tertiary/aromatic N) is 3. The fraction of sp³-hybridized carbons (Fsp3) is 0.800. The molecular formula is C10H18N4O2S. The van der Waals surface area contributed by atoms with Gasteiger partial charge in [-0.25, -0.2) is 8.42 Å². The van der Waals surface area contributed by atoms with E-state index in [0.29, 0.717) is 12.2 Å². The first-order valence-corrected chi connectivity index (χ1v) is 7.64. The Morgan fingerprint density at radius 2 is 2.41 bits per heavy atom. The van der Waals surface area contributed by atoms with E-state index in [2.05, 4.69) is 15.6 Å². The van der Waals surface area contributed by atoms with Crippen LogP contribution in [0.3, 0.4) is 0 Å². The topological polar surface area (TPSA) is 76.9 Å². The first-order chi connectivity index (χ1) is 8.03.